The van der Waals surface area contributed by atoms with Crippen LogP contribution in [0.1, 0.15) is 56.6 Å². The summed E-state index contributed by atoms with van der Waals surface area (Å²) < 4.78 is 5.58. The standard InChI is InChI=1S/C27H32N2O5/c1-16(2)13-23(25(30)28-24(26(31)32)14-17-11-12-17)29-27(33)34-15-22-20-9-5-3-7-18(20)19-8-4-6-10-21(19)22/h3-10,16-17,22-24H,11-15H2,1-2H3,(H,28,30)(H,29,33)(H,31,32)/t23-,24?/m0/s1. The van der Waals surface area contributed by atoms with E-state index in [0.29, 0.717) is 18.8 Å². The van der Waals surface area contributed by atoms with Gasteiger partial charge in [-0.15, -0.1) is 0 Å². The van der Waals surface area contributed by atoms with Crippen LogP contribution < -0.4 is 10.6 Å². The highest BCUT2D eigenvalue weighted by Crippen LogP contribution is 2.44. The largest absolute Gasteiger partial charge is 0.480 e. The third kappa shape index (κ3) is 5.58. The van der Waals surface area contributed by atoms with E-state index in [1.165, 1.54) is 0 Å². The normalized spacial score (nSPS) is 16.3. The predicted molar refractivity (Wildman–Crippen MR) is 128 cm³/mol. The van der Waals surface area contributed by atoms with Crippen LogP contribution in [0.2, 0.25) is 0 Å². The summed E-state index contributed by atoms with van der Waals surface area (Å²) in [4.78, 5) is 37.2. The van der Waals surface area contributed by atoms with E-state index in [0.717, 1.165) is 35.1 Å². The highest BCUT2D eigenvalue weighted by atomic mass is 16.5. The number of carbonyl (C=O) groups is 3. The van der Waals surface area contributed by atoms with Gasteiger partial charge in [0.25, 0.3) is 0 Å². The number of benzene rings is 2. The van der Waals surface area contributed by atoms with Crippen LogP contribution >= 0.6 is 0 Å². The van der Waals surface area contributed by atoms with Gasteiger partial charge in [0, 0.05) is 5.92 Å². The van der Waals surface area contributed by atoms with Crippen molar-refractivity contribution in [3.63, 3.8) is 0 Å². The average Bonchev–Trinajstić information content (AvgIpc) is 3.57. The van der Waals surface area contributed by atoms with Gasteiger partial charge in [0.1, 0.15) is 18.7 Å². The van der Waals surface area contributed by atoms with E-state index < -0.39 is 30.1 Å². The number of fused-ring (bicyclic) bond motifs is 3. The first kappa shape index (κ1) is 23.8. The first-order valence-corrected chi connectivity index (χ1v) is 12.0. The molecule has 0 aliphatic heterocycles. The molecule has 7 heteroatoms. The fraction of sp³-hybridized carbons (Fsp3) is 0.444. The molecular formula is C27H32N2O5. The molecule has 0 saturated heterocycles. The molecule has 1 unspecified atom stereocenters. The van der Waals surface area contributed by atoms with E-state index in [-0.39, 0.29) is 18.4 Å². The molecule has 34 heavy (non-hydrogen) atoms. The Morgan fingerprint density at radius 1 is 0.941 bits per heavy atom. The van der Waals surface area contributed by atoms with E-state index in [1.54, 1.807) is 0 Å². The Labute approximate surface area is 199 Å². The van der Waals surface area contributed by atoms with Crippen molar-refractivity contribution in [2.24, 2.45) is 11.8 Å². The monoisotopic (exact) mass is 464 g/mol. The number of hydrogen-bond acceptors (Lipinski definition) is 4. The minimum absolute atomic E-state index is 0.0783. The number of aliphatic carboxylic acids is 1. The minimum atomic E-state index is -1.05. The molecule has 2 aromatic rings. The quantitative estimate of drug-likeness (QED) is 0.486. The summed E-state index contributed by atoms with van der Waals surface area (Å²) in [7, 11) is 0. The van der Waals surface area contributed by atoms with Gasteiger partial charge in [-0.3, -0.25) is 4.79 Å². The molecule has 0 spiro atoms. The summed E-state index contributed by atoms with van der Waals surface area (Å²) in [6, 6.07) is 14.3. The smallest absolute Gasteiger partial charge is 0.407 e. The van der Waals surface area contributed by atoms with Crippen molar-refractivity contribution in [3.8, 4) is 11.1 Å². The van der Waals surface area contributed by atoms with E-state index in [1.807, 2.05) is 50.2 Å². The second-order valence-corrected chi connectivity index (χ2v) is 9.73. The fourth-order valence-corrected chi connectivity index (χ4v) is 4.67. The van der Waals surface area contributed by atoms with Gasteiger partial charge in [0.15, 0.2) is 0 Å². The molecule has 0 heterocycles. The van der Waals surface area contributed by atoms with Gasteiger partial charge in [-0.2, -0.15) is 0 Å². The molecule has 2 aliphatic carbocycles. The molecule has 4 rings (SSSR count). The predicted octanol–water partition coefficient (Wildman–Crippen LogP) is 4.31. The maximum atomic E-state index is 12.9. The Bertz CT molecular complexity index is 1020. The summed E-state index contributed by atoms with van der Waals surface area (Å²) in [6.07, 6.45) is 2.10. The van der Waals surface area contributed by atoms with Crippen molar-refractivity contribution >= 4 is 18.0 Å². The summed E-state index contributed by atoms with van der Waals surface area (Å²) in [5, 5.41) is 14.8. The van der Waals surface area contributed by atoms with Crippen LogP contribution in [-0.2, 0) is 14.3 Å². The molecule has 0 bridgehead atoms. The third-order valence-electron chi connectivity index (χ3n) is 6.54. The lowest BCUT2D eigenvalue weighted by Gasteiger charge is -2.23. The van der Waals surface area contributed by atoms with Crippen LogP contribution in [0.5, 0.6) is 0 Å². The van der Waals surface area contributed by atoms with Gasteiger partial charge in [0.05, 0.1) is 0 Å². The second-order valence-electron chi connectivity index (χ2n) is 9.73. The van der Waals surface area contributed by atoms with Gasteiger partial charge in [-0.05, 0) is 46.9 Å². The number of alkyl carbamates (subject to hydrolysis) is 1. The number of carboxylic acids is 1. The summed E-state index contributed by atoms with van der Waals surface area (Å²) >= 11 is 0. The SMILES string of the molecule is CC(C)C[C@H](NC(=O)OCC1c2ccccc2-c2ccccc21)C(=O)NC(CC1CC1)C(=O)O. The maximum Gasteiger partial charge on any atom is 0.407 e. The Morgan fingerprint density at radius 2 is 1.53 bits per heavy atom. The lowest BCUT2D eigenvalue weighted by molar-refractivity contribution is -0.142. The van der Waals surface area contributed by atoms with Crippen molar-refractivity contribution in [1.29, 1.82) is 0 Å². The van der Waals surface area contributed by atoms with Crippen molar-refractivity contribution in [2.45, 2.75) is 57.5 Å². The first-order valence-electron chi connectivity index (χ1n) is 12.0. The Kier molecular flexibility index (Phi) is 7.20. The van der Waals surface area contributed by atoms with Crippen LogP contribution in [0.15, 0.2) is 48.5 Å². The van der Waals surface area contributed by atoms with Crippen molar-refractivity contribution in [2.75, 3.05) is 6.61 Å². The van der Waals surface area contributed by atoms with E-state index >= 15 is 0 Å². The maximum absolute atomic E-state index is 12.9. The summed E-state index contributed by atoms with van der Waals surface area (Å²) in [5.74, 6) is -1.15. The molecule has 0 aromatic heterocycles. The molecule has 7 nitrogen and oxygen atoms in total. The van der Waals surface area contributed by atoms with E-state index in [4.69, 9.17) is 4.74 Å². The lowest BCUT2D eigenvalue weighted by Crippen LogP contribution is -2.52. The molecule has 2 amide bonds. The number of carbonyl (C=O) groups excluding carboxylic acids is 2. The van der Waals surface area contributed by atoms with Crippen LogP contribution in [0.4, 0.5) is 4.79 Å². The number of carboxylic acid groups (broad SMARTS) is 1. The number of hydrogen-bond donors (Lipinski definition) is 3. The molecule has 0 radical (unpaired) electrons. The van der Waals surface area contributed by atoms with Crippen molar-refractivity contribution in [1.82, 2.24) is 10.6 Å². The third-order valence-corrected chi connectivity index (χ3v) is 6.54. The van der Waals surface area contributed by atoms with Crippen LogP contribution in [-0.4, -0.2) is 41.8 Å². The van der Waals surface area contributed by atoms with Gasteiger partial charge < -0.3 is 20.5 Å². The first-order chi connectivity index (χ1) is 16.3. The van der Waals surface area contributed by atoms with Gasteiger partial charge in [0.2, 0.25) is 5.91 Å². The average molecular weight is 465 g/mol. The number of nitrogens with one attached hydrogen (secondary N) is 2. The van der Waals surface area contributed by atoms with Gasteiger partial charge in [-0.25, -0.2) is 9.59 Å². The molecule has 1 saturated carbocycles. The van der Waals surface area contributed by atoms with Gasteiger partial charge in [-0.1, -0.05) is 75.2 Å². The Balaban J connectivity index is 1.39. The Hall–Kier alpha value is -3.35. The zero-order valence-corrected chi connectivity index (χ0v) is 19.6. The van der Waals surface area contributed by atoms with Gasteiger partial charge >= 0.3 is 12.1 Å². The molecule has 2 aliphatic rings. The summed E-state index contributed by atoms with van der Waals surface area (Å²) in [5.41, 5.74) is 4.49. The number of rotatable bonds is 10. The molecule has 180 valence electrons. The molecule has 1 fully saturated rings. The number of amides is 2. The minimum Gasteiger partial charge on any atom is -0.480 e. The van der Waals surface area contributed by atoms with Crippen LogP contribution in [0.3, 0.4) is 0 Å². The second kappa shape index (κ2) is 10.3. The molecular weight excluding hydrogens is 432 g/mol. The molecule has 3 N–H and O–H groups in total. The molecule has 2 aromatic carbocycles. The van der Waals surface area contributed by atoms with E-state index in [9.17, 15) is 19.5 Å². The van der Waals surface area contributed by atoms with Crippen LogP contribution in [0, 0.1) is 11.8 Å². The van der Waals surface area contributed by atoms with Crippen molar-refractivity contribution in [3.05, 3.63) is 59.7 Å². The number of ether oxygens (including phenoxy) is 1. The van der Waals surface area contributed by atoms with E-state index in [2.05, 4.69) is 22.8 Å². The van der Waals surface area contributed by atoms with Crippen LogP contribution in [0.25, 0.3) is 11.1 Å². The lowest BCUT2D eigenvalue weighted by atomic mass is 9.98. The summed E-state index contributed by atoms with van der Waals surface area (Å²) in [6.45, 7) is 4.03. The van der Waals surface area contributed by atoms with Crippen molar-refractivity contribution < 1.29 is 24.2 Å². The molecule has 2 atom stereocenters. The highest BCUT2D eigenvalue weighted by molar-refractivity contribution is 5.89. The fourth-order valence-electron chi connectivity index (χ4n) is 4.67. The highest BCUT2D eigenvalue weighted by Gasteiger charge is 2.33. The Morgan fingerprint density at radius 3 is 2.06 bits per heavy atom. The topological polar surface area (TPSA) is 105 Å². The zero-order valence-electron chi connectivity index (χ0n) is 19.6. The zero-order chi connectivity index (χ0) is 24.2.